The Morgan fingerprint density at radius 2 is 1.22 bits per heavy atom. The van der Waals surface area contributed by atoms with Gasteiger partial charge in [0.05, 0.1) is 13.1 Å². The zero-order chi connectivity index (χ0) is 16.6. The van der Waals surface area contributed by atoms with Crippen LogP contribution < -0.4 is 5.06 Å². The highest BCUT2D eigenvalue weighted by Crippen LogP contribution is 2.10. The molecule has 1 aromatic carbocycles. The molecule has 1 unspecified atom stereocenters. The van der Waals surface area contributed by atoms with E-state index in [-0.39, 0.29) is 0 Å². The summed E-state index contributed by atoms with van der Waals surface area (Å²) in [5.41, 5.74) is 1.28. The minimum absolute atomic E-state index is 0.435. The maximum atomic E-state index is 11.9. The second kappa shape index (κ2) is 14.7. The second-order valence-corrected chi connectivity index (χ2v) is 6.81. The van der Waals surface area contributed by atoms with Gasteiger partial charge in [-0.05, 0) is 18.4 Å². The number of hydroxylamine groups is 2. The van der Waals surface area contributed by atoms with E-state index in [9.17, 15) is 5.21 Å². The van der Waals surface area contributed by atoms with Crippen molar-refractivity contribution >= 4 is 0 Å². The van der Waals surface area contributed by atoms with Crippen LogP contribution in [0.1, 0.15) is 83.1 Å². The van der Waals surface area contributed by atoms with Crippen molar-refractivity contribution in [3.63, 3.8) is 0 Å². The molecule has 1 atom stereocenters. The summed E-state index contributed by atoms with van der Waals surface area (Å²) in [6.07, 6.45) is 15.7. The number of rotatable bonds is 15. The molecule has 0 amide bonds. The highest BCUT2D eigenvalue weighted by molar-refractivity contribution is 5.14. The van der Waals surface area contributed by atoms with Crippen molar-refractivity contribution in [2.24, 2.45) is 0 Å². The molecule has 132 valence electrons. The Bertz CT molecular complexity index is 352. The van der Waals surface area contributed by atoms with Crippen LogP contribution in [0.15, 0.2) is 30.3 Å². The van der Waals surface area contributed by atoms with Crippen LogP contribution in [0.5, 0.6) is 0 Å². The van der Waals surface area contributed by atoms with Crippen molar-refractivity contribution in [2.75, 3.05) is 13.1 Å². The van der Waals surface area contributed by atoms with Crippen LogP contribution in [0.25, 0.3) is 0 Å². The van der Waals surface area contributed by atoms with Gasteiger partial charge in [-0.2, -0.15) is 0 Å². The summed E-state index contributed by atoms with van der Waals surface area (Å²) in [6.45, 7) is 3.76. The molecule has 0 aliphatic carbocycles. The third-order valence-corrected chi connectivity index (χ3v) is 4.59. The molecule has 2 heteroatoms. The van der Waals surface area contributed by atoms with Gasteiger partial charge in [-0.1, -0.05) is 95.0 Å². The first kappa shape index (κ1) is 20.2. The standard InChI is InChI=1S/C21H37NO/c1-2-3-4-5-6-7-8-9-10-11-15-19-22(23)20-18-21-16-13-12-14-17-21/h12-14,16-17,22H,2-11,15,18-20H2,1H3. The summed E-state index contributed by atoms with van der Waals surface area (Å²) >= 11 is 0. The molecule has 0 saturated carbocycles. The van der Waals surface area contributed by atoms with Gasteiger partial charge in [-0.25, -0.2) is 0 Å². The Kier molecular flexibility index (Phi) is 12.9. The fourth-order valence-corrected chi connectivity index (χ4v) is 3.04. The molecule has 0 heterocycles. The van der Waals surface area contributed by atoms with Crippen LogP contribution in [0.2, 0.25) is 0 Å². The van der Waals surface area contributed by atoms with Crippen LogP contribution >= 0.6 is 0 Å². The van der Waals surface area contributed by atoms with Crippen LogP contribution in [-0.4, -0.2) is 13.1 Å². The lowest BCUT2D eigenvalue weighted by atomic mass is 10.1. The van der Waals surface area contributed by atoms with Crippen LogP contribution in [0, 0.1) is 5.21 Å². The molecule has 0 saturated heterocycles. The van der Waals surface area contributed by atoms with Gasteiger partial charge in [0.2, 0.25) is 0 Å². The van der Waals surface area contributed by atoms with E-state index in [1.165, 1.54) is 69.8 Å². The molecule has 0 radical (unpaired) electrons. The van der Waals surface area contributed by atoms with E-state index in [1.54, 1.807) is 0 Å². The highest BCUT2D eigenvalue weighted by Gasteiger charge is 1.99. The first-order chi connectivity index (χ1) is 11.3. The molecule has 2 nitrogen and oxygen atoms in total. The SMILES string of the molecule is CCCCCCCCCCCCC[NH+]([O-])CCc1ccccc1. The number of nitrogens with one attached hydrogen (secondary N) is 1. The summed E-state index contributed by atoms with van der Waals surface area (Å²) in [4.78, 5) is 0. The van der Waals surface area contributed by atoms with Gasteiger partial charge in [0.15, 0.2) is 0 Å². The molecular formula is C21H37NO. The number of hydrogen-bond acceptors (Lipinski definition) is 1. The molecule has 23 heavy (non-hydrogen) atoms. The summed E-state index contributed by atoms with van der Waals surface area (Å²) in [5.74, 6) is 0. The Hall–Kier alpha value is -0.860. The van der Waals surface area contributed by atoms with Crippen molar-refractivity contribution < 1.29 is 5.06 Å². The van der Waals surface area contributed by atoms with Gasteiger partial charge in [-0.15, -0.1) is 0 Å². The average Bonchev–Trinajstić information content (AvgIpc) is 2.59. The molecule has 0 bridgehead atoms. The third kappa shape index (κ3) is 12.3. The van der Waals surface area contributed by atoms with Crippen molar-refractivity contribution in [1.29, 1.82) is 0 Å². The van der Waals surface area contributed by atoms with E-state index in [4.69, 9.17) is 0 Å². The van der Waals surface area contributed by atoms with Gasteiger partial charge >= 0.3 is 0 Å². The smallest absolute Gasteiger partial charge is 0.0809 e. The Morgan fingerprint density at radius 3 is 1.78 bits per heavy atom. The van der Waals surface area contributed by atoms with Crippen LogP contribution in [-0.2, 0) is 6.42 Å². The predicted molar refractivity (Wildman–Crippen MR) is 101 cm³/mol. The van der Waals surface area contributed by atoms with Gasteiger partial charge in [0.1, 0.15) is 0 Å². The normalized spacial score (nSPS) is 12.4. The zero-order valence-electron chi connectivity index (χ0n) is 15.2. The Labute approximate surface area is 143 Å². The van der Waals surface area contributed by atoms with Crippen molar-refractivity contribution in [3.8, 4) is 0 Å². The number of benzene rings is 1. The Balaban J connectivity index is 1.83. The molecule has 0 fully saturated rings. The summed E-state index contributed by atoms with van der Waals surface area (Å²) in [5, 5.41) is 12.3. The van der Waals surface area contributed by atoms with Crippen molar-refractivity contribution in [1.82, 2.24) is 0 Å². The largest absolute Gasteiger partial charge is 0.634 e. The minimum Gasteiger partial charge on any atom is -0.634 e. The molecular weight excluding hydrogens is 282 g/mol. The topological polar surface area (TPSA) is 27.5 Å². The van der Waals surface area contributed by atoms with E-state index >= 15 is 0 Å². The molecule has 0 aliphatic heterocycles. The Morgan fingerprint density at radius 1 is 0.696 bits per heavy atom. The molecule has 1 N–H and O–H groups in total. The van der Waals surface area contributed by atoms with Gasteiger partial charge < -0.3 is 10.3 Å². The lowest BCUT2D eigenvalue weighted by molar-refractivity contribution is -0.848. The van der Waals surface area contributed by atoms with Crippen LogP contribution in [0.4, 0.5) is 0 Å². The monoisotopic (exact) mass is 319 g/mol. The van der Waals surface area contributed by atoms with Gasteiger partial charge in [0.25, 0.3) is 0 Å². The minimum atomic E-state index is 0.435. The number of unbranched alkanes of at least 4 members (excludes halogenated alkanes) is 10. The summed E-state index contributed by atoms with van der Waals surface area (Å²) in [7, 11) is 0. The molecule has 1 aromatic rings. The number of quaternary nitrogens is 1. The van der Waals surface area contributed by atoms with Crippen LogP contribution in [0.3, 0.4) is 0 Å². The first-order valence-electron chi connectivity index (χ1n) is 9.88. The maximum Gasteiger partial charge on any atom is 0.0809 e. The van der Waals surface area contributed by atoms with Gasteiger partial charge in [-0.3, -0.25) is 0 Å². The lowest BCUT2D eigenvalue weighted by Crippen LogP contribution is -3.07. The van der Waals surface area contributed by atoms with E-state index in [1.807, 2.05) is 18.2 Å². The van der Waals surface area contributed by atoms with E-state index in [0.717, 1.165) is 19.4 Å². The third-order valence-electron chi connectivity index (χ3n) is 4.59. The molecule has 0 aliphatic rings. The second-order valence-electron chi connectivity index (χ2n) is 6.81. The molecule has 0 aromatic heterocycles. The van der Waals surface area contributed by atoms with Gasteiger partial charge in [0, 0.05) is 6.42 Å². The first-order valence-corrected chi connectivity index (χ1v) is 9.88. The highest BCUT2D eigenvalue weighted by atomic mass is 16.5. The fourth-order valence-electron chi connectivity index (χ4n) is 3.04. The zero-order valence-corrected chi connectivity index (χ0v) is 15.2. The quantitative estimate of drug-likeness (QED) is 0.360. The van der Waals surface area contributed by atoms with Crippen molar-refractivity contribution in [3.05, 3.63) is 41.1 Å². The number of hydrogen-bond donors (Lipinski definition) is 1. The van der Waals surface area contributed by atoms with E-state index in [0.29, 0.717) is 11.6 Å². The van der Waals surface area contributed by atoms with E-state index in [2.05, 4.69) is 19.1 Å². The molecule has 1 rings (SSSR count). The average molecular weight is 320 g/mol. The maximum absolute atomic E-state index is 11.9. The molecule has 0 spiro atoms. The van der Waals surface area contributed by atoms with E-state index < -0.39 is 0 Å². The summed E-state index contributed by atoms with van der Waals surface area (Å²) < 4.78 is 0. The summed E-state index contributed by atoms with van der Waals surface area (Å²) in [6, 6.07) is 10.3. The fraction of sp³-hybridized carbons (Fsp3) is 0.714. The predicted octanol–water partition coefficient (Wildman–Crippen LogP) is 4.92. The van der Waals surface area contributed by atoms with Crippen molar-refractivity contribution in [2.45, 2.75) is 84.0 Å². The lowest BCUT2D eigenvalue weighted by Gasteiger charge is -2.22.